The molecule has 0 aliphatic carbocycles. The van der Waals surface area contributed by atoms with Gasteiger partial charge < -0.3 is 15.2 Å². The van der Waals surface area contributed by atoms with Crippen LogP contribution in [-0.4, -0.2) is 23.1 Å². The summed E-state index contributed by atoms with van der Waals surface area (Å²) < 4.78 is 5.21. The van der Waals surface area contributed by atoms with E-state index in [0.717, 1.165) is 5.56 Å². The maximum absolute atomic E-state index is 12.0. The summed E-state index contributed by atoms with van der Waals surface area (Å²) >= 11 is 0. The third kappa shape index (κ3) is 4.34. The van der Waals surface area contributed by atoms with Crippen LogP contribution in [-0.2, 0) is 11.3 Å². The van der Waals surface area contributed by atoms with Crippen molar-refractivity contribution in [2.75, 3.05) is 0 Å². The van der Waals surface area contributed by atoms with Gasteiger partial charge in [0.05, 0.1) is 0 Å². The summed E-state index contributed by atoms with van der Waals surface area (Å²) in [6, 6.07) is 16.0. The van der Waals surface area contributed by atoms with E-state index in [1.165, 1.54) is 6.92 Å². The lowest BCUT2D eigenvalue weighted by atomic mass is 10.2. The van der Waals surface area contributed by atoms with Crippen molar-refractivity contribution in [3.8, 4) is 5.75 Å². The van der Waals surface area contributed by atoms with Crippen LogP contribution in [0.5, 0.6) is 5.75 Å². The molecule has 1 atom stereocenters. The van der Waals surface area contributed by atoms with Crippen molar-refractivity contribution in [1.82, 2.24) is 5.32 Å². The number of benzene rings is 2. The van der Waals surface area contributed by atoms with Gasteiger partial charge in [-0.1, -0.05) is 30.3 Å². The lowest BCUT2D eigenvalue weighted by Gasteiger charge is -2.11. The summed E-state index contributed by atoms with van der Waals surface area (Å²) in [5.41, 5.74) is 1.51. The molecule has 0 spiro atoms. The molecule has 0 aromatic heterocycles. The Morgan fingerprint density at radius 3 is 2.32 bits per heavy atom. The Morgan fingerprint density at radius 1 is 1.09 bits per heavy atom. The maximum Gasteiger partial charge on any atom is 0.344 e. The van der Waals surface area contributed by atoms with Gasteiger partial charge in [0.1, 0.15) is 5.75 Å². The van der Waals surface area contributed by atoms with E-state index in [4.69, 9.17) is 9.84 Å². The third-order valence-corrected chi connectivity index (χ3v) is 3.07. The van der Waals surface area contributed by atoms with Crippen LogP contribution in [0.3, 0.4) is 0 Å². The highest BCUT2D eigenvalue weighted by Gasteiger charge is 2.12. The zero-order valence-electron chi connectivity index (χ0n) is 12.2. The molecule has 2 aromatic rings. The molecule has 0 saturated carbocycles. The zero-order chi connectivity index (χ0) is 15.9. The predicted molar refractivity (Wildman–Crippen MR) is 81.8 cm³/mol. The Hall–Kier alpha value is -2.82. The van der Waals surface area contributed by atoms with Crippen molar-refractivity contribution in [2.24, 2.45) is 0 Å². The zero-order valence-corrected chi connectivity index (χ0v) is 12.2. The van der Waals surface area contributed by atoms with Gasteiger partial charge in [0, 0.05) is 12.1 Å². The summed E-state index contributed by atoms with van der Waals surface area (Å²) in [7, 11) is 0. The molecule has 1 amide bonds. The summed E-state index contributed by atoms with van der Waals surface area (Å²) in [4.78, 5) is 22.7. The Morgan fingerprint density at radius 2 is 1.73 bits per heavy atom. The fourth-order valence-corrected chi connectivity index (χ4v) is 1.82. The first-order chi connectivity index (χ1) is 10.6. The van der Waals surface area contributed by atoms with Crippen LogP contribution in [0.4, 0.5) is 0 Å². The van der Waals surface area contributed by atoms with Crippen molar-refractivity contribution >= 4 is 11.9 Å². The minimum Gasteiger partial charge on any atom is -0.479 e. The van der Waals surface area contributed by atoms with Gasteiger partial charge in [-0.25, -0.2) is 4.79 Å². The van der Waals surface area contributed by atoms with E-state index in [-0.39, 0.29) is 5.91 Å². The first-order valence-electron chi connectivity index (χ1n) is 6.88. The van der Waals surface area contributed by atoms with E-state index in [9.17, 15) is 9.59 Å². The number of aliphatic carboxylic acids is 1. The molecule has 0 aliphatic rings. The summed E-state index contributed by atoms with van der Waals surface area (Å²) in [5, 5.41) is 11.6. The number of carbonyl (C=O) groups is 2. The van der Waals surface area contributed by atoms with Crippen molar-refractivity contribution in [3.05, 3.63) is 65.7 Å². The second-order valence-corrected chi connectivity index (χ2v) is 4.79. The third-order valence-electron chi connectivity index (χ3n) is 3.07. The fourth-order valence-electron chi connectivity index (χ4n) is 1.82. The van der Waals surface area contributed by atoms with Crippen molar-refractivity contribution in [1.29, 1.82) is 0 Å². The fraction of sp³-hybridized carbons (Fsp3) is 0.176. The molecular formula is C17H17NO4. The van der Waals surface area contributed by atoms with Crippen molar-refractivity contribution in [2.45, 2.75) is 19.6 Å². The lowest BCUT2D eigenvalue weighted by Crippen LogP contribution is -2.23. The number of nitrogens with one attached hydrogen (secondary N) is 1. The second-order valence-electron chi connectivity index (χ2n) is 4.79. The van der Waals surface area contributed by atoms with Crippen LogP contribution >= 0.6 is 0 Å². The van der Waals surface area contributed by atoms with E-state index in [1.54, 1.807) is 24.3 Å². The summed E-state index contributed by atoms with van der Waals surface area (Å²) in [6.45, 7) is 1.90. The number of rotatable bonds is 6. The number of hydrogen-bond acceptors (Lipinski definition) is 3. The molecular weight excluding hydrogens is 282 g/mol. The normalized spacial score (nSPS) is 11.5. The van der Waals surface area contributed by atoms with E-state index in [1.807, 2.05) is 30.3 Å². The van der Waals surface area contributed by atoms with Crippen LogP contribution in [0.1, 0.15) is 22.8 Å². The van der Waals surface area contributed by atoms with Crippen LogP contribution in [0, 0.1) is 0 Å². The van der Waals surface area contributed by atoms with Crippen LogP contribution in [0.2, 0.25) is 0 Å². The van der Waals surface area contributed by atoms with Crippen molar-refractivity contribution < 1.29 is 19.4 Å². The minimum atomic E-state index is -1.04. The number of ether oxygens (including phenoxy) is 1. The highest BCUT2D eigenvalue weighted by Crippen LogP contribution is 2.14. The van der Waals surface area contributed by atoms with Crippen LogP contribution < -0.4 is 10.1 Å². The maximum atomic E-state index is 12.0. The smallest absolute Gasteiger partial charge is 0.344 e. The van der Waals surface area contributed by atoms with E-state index in [0.29, 0.717) is 17.9 Å². The van der Waals surface area contributed by atoms with Gasteiger partial charge in [0.25, 0.3) is 5.91 Å². The molecule has 2 aromatic carbocycles. The van der Waals surface area contributed by atoms with E-state index < -0.39 is 12.1 Å². The molecule has 0 fully saturated rings. The second kappa shape index (κ2) is 7.26. The molecule has 0 heterocycles. The van der Waals surface area contributed by atoms with E-state index >= 15 is 0 Å². The molecule has 1 unspecified atom stereocenters. The lowest BCUT2D eigenvalue weighted by molar-refractivity contribution is -0.144. The predicted octanol–water partition coefficient (Wildman–Crippen LogP) is 2.47. The van der Waals surface area contributed by atoms with Gasteiger partial charge in [0.15, 0.2) is 6.10 Å². The number of carboxylic acid groups (broad SMARTS) is 1. The van der Waals surface area contributed by atoms with Gasteiger partial charge in [-0.15, -0.1) is 0 Å². The Kier molecular flexibility index (Phi) is 5.14. The first kappa shape index (κ1) is 15.6. The Balaban J connectivity index is 1.92. The topological polar surface area (TPSA) is 75.6 Å². The number of amides is 1. The summed E-state index contributed by atoms with van der Waals surface area (Å²) in [5.74, 6) is -0.819. The average Bonchev–Trinajstić information content (AvgIpc) is 2.54. The van der Waals surface area contributed by atoms with E-state index in [2.05, 4.69) is 5.32 Å². The average molecular weight is 299 g/mol. The van der Waals surface area contributed by atoms with Gasteiger partial charge >= 0.3 is 5.97 Å². The quantitative estimate of drug-likeness (QED) is 0.859. The molecule has 114 valence electrons. The molecule has 2 N–H and O–H groups in total. The molecule has 0 aliphatic heterocycles. The van der Waals surface area contributed by atoms with Gasteiger partial charge in [-0.2, -0.15) is 0 Å². The molecule has 0 bridgehead atoms. The monoisotopic (exact) mass is 299 g/mol. The van der Waals surface area contributed by atoms with Gasteiger partial charge in [-0.05, 0) is 36.8 Å². The molecule has 0 radical (unpaired) electrons. The minimum absolute atomic E-state index is 0.193. The highest BCUT2D eigenvalue weighted by molar-refractivity contribution is 5.94. The molecule has 22 heavy (non-hydrogen) atoms. The van der Waals surface area contributed by atoms with Crippen LogP contribution in [0.25, 0.3) is 0 Å². The van der Waals surface area contributed by atoms with Crippen LogP contribution in [0.15, 0.2) is 54.6 Å². The van der Waals surface area contributed by atoms with Crippen molar-refractivity contribution in [3.63, 3.8) is 0 Å². The SMILES string of the molecule is CC(Oc1ccc(C(=O)NCc2ccccc2)cc1)C(=O)O. The highest BCUT2D eigenvalue weighted by atomic mass is 16.5. The molecule has 2 rings (SSSR count). The largest absolute Gasteiger partial charge is 0.479 e. The number of carbonyl (C=O) groups excluding carboxylic acids is 1. The molecule has 0 saturated heterocycles. The van der Waals surface area contributed by atoms with Gasteiger partial charge in [0.2, 0.25) is 0 Å². The number of hydrogen-bond donors (Lipinski definition) is 2. The summed E-state index contributed by atoms with van der Waals surface area (Å²) in [6.07, 6.45) is -0.933. The Labute approximate surface area is 128 Å². The Bertz CT molecular complexity index is 637. The standard InChI is InChI=1S/C17H17NO4/c1-12(17(20)21)22-15-9-7-14(8-10-15)16(19)18-11-13-5-3-2-4-6-13/h2-10,12H,11H2,1H3,(H,18,19)(H,20,21). The number of carboxylic acids is 1. The molecule has 5 nitrogen and oxygen atoms in total. The van der Waals surface area contributed by atoms with Gasteiger partial charge in [-0.3, -0.25) is 4.79 Å². The first-order valence-corrected chi connectivity index (χ1v) is 6.88. The molecule has 5 heteroatoms.